The number of hydrogen-bond donors (Lipinski definition) is 0. The Bertz CT molecular complexity index is 3470. The molecule has 0 radical (unpaired) electrons. The second-order valence-electron chi connectivity index (χ2n) is 14.5. The lowest BCUT2D eigenvalue weighted by molar-refractivity contribution is 1.18. The van der Waals surface area contributed by atoms with Crippen molar-refractivity contribution in [2.24, 2.45) is 0 Å². The highest BCUT2D eigenvalue weighted by Gasteiger charge is 2.18. The molecule has 0 saturated carbocycles. The van der Waals surface area contributed by atoms with Crippen LogP contribution in [0.5, 0.6) is 0 Å². The third kappa shape index (κ3) is 5.99. The Morgan fingerprint density at radius 1 is 0.417 bits per heavy atom. The summed E-state index contributed by atoms with van der Waals surface area (Å²) in [4.78, 5) is 7.25. The molecule has 0 aliphatic carbocycles. The van der Waals surface area contributed by atoms with Crippen molar-refractivity contribution >= 4 is 64.7 Å². The minimum Gasteiger partial charge on any atom is -0.309 e. The van der Waals surface area contributed by atoms with Gasteiger partial charge < -0.3 is 4.57 Å². The second kappa shape index (κ2) is 14.3. The zero-order valence-corrected chi connectivity index (χ0v) is 32.4. The average Bonchev–Trinajstić information content (AvgIpc) is 3.85. The van der Waals surface area contributed by atoms with Crippen LogP contribution in [-0.4, -0.2) is 4.57 Å². The number of rotatable bonds is 5. The van der Waals surface area contributed by atoms with E-state index in [0.717, 1.165) is 87.5 Å². The zero-order chi connectivity index (χ0) is 40.9. The van der Waals surface area contributed by atoms with Gasteiger partial charge in [0.15, 0.2) is 11.4 Å². The molecule has 0 aliphatic rings. The van der Waals surface area contributed by atoms with Crippen LogP contribution in [0.4, 0.5) is 11.4 Å². The number of para-hydroxylation sites is 1. The number of nitriles is 3. The summed E-state index contributed by atoms with van der Waals surface area (Å²) in [5.41, 5.74) is 12.8. The van der Waals surface area contributed by atoms with Gasteiger partial charge in [0.2, 0.25) is 0 Å². The molecule has 0 bridgehead atoms. The number of thiophene rings is 1. The fraction of sp³-hybridized carbons (Fsp3) is 0. The van der Waals surface area contributed by atoms with Gasteiger partial charge in [0.25, 0.3) is 0 Å². The summed E-state index contributed by atoms with van der Waals surface area (Å²) in [7, 11) is 0. The minimum absolute atomic E-state index is 0.400. The Balaban J connectivity index is 1.13. The molecule has 7 heteroatoms. The van der Waals surface area contributed by atoms with Crippen molar-refractivity contribution in [2.75, 3.05) is 0 Å². The van der Waals surface area contributed by atoms with Gasteiger partial charge in [-0.2, -0.15) is 15.8 Å². The Kier molecular flexibility index (Phi) is 8.50. The summed E-state index contributed by atoms with van der Waals surface area (Å²) in [6.07, 6.45) is 0. The maximum absolute atomic E-state index is 9.76. The van der Waals surface area contributed by atoms with E-state index in [9.17, 15) is 15.8 Å². The number of fused-ring (bicyclic) bond motifs is 6. The van der Waals surface area contributed by atoms with Crippen LogP contribution in [0.15, 0.2) is 158 Å². The largest absolute Gasteiger partial charge is 0.309 e. The molecule has 6 nitrogen and oxygen atoms in total. The van der Waals surface area contributed by atoms with E-state index in [4.69, 9.17) is 13.1 Å². The van der Waals surface area contributed by atoms with Crippen LogP contribution in [-0.2, 0) is 0 Å². The minimum atomic E-state index is 0.400. The summed E-state index contributed by atoms with van der Waals surface area (Å²) >= 11 is 1.73. The number of aromatic nitrogens is 1. The molecular weight excluding hydrogens is 753 g/mol. The first-order valence-electron chi connectivity index (χ1n) is 19.0. The van der Waals surface area contributed by atoms with Crippen LogP contribution in [0.1, 0.15) is 16.7 Å². The standard InChI is InChI=1S/C53H26N6S/c1-57-42-21-33(30-55)19-40(24-42)38-12-15-50-45(26-38)46-27-39(41-20-34(31-56)22-43(25-41)58-2)13-16-51(46)59(50)49-6-4-3-5-44(49)36-10-8-35(9-11-36)37-14-18-53-48(28-37)47-23-32(29-54)7-17-52(47)60-53/h3-28H. The first-order valence-corrected chi connectivity index (χ1v) is 19.8. The number of nitrogens with zero attached hydrogens (tertiary/aromatic N) is 6. The van der Waals surface area contributed by atoms with Crippen LogP contribution in [0.2, 0.25) is 0 Å². The first-order chi connectivity index (χ1) is 29.4. The van der Waals surface area contributed by atoms with Gasteiger partial charge in [0.1, 0.15) is 0 Å². The summed E-state index contributed by atoms with van der Waals surface area (Å²) in [5.74, 6) is 0. The first kappa shape index (κ1) is 35.6. The van der Waals surface area contributed by atoms with E-state index in [1.54, 1.807) is 23.5 Å². The molecule has 0 atom stereocenters. The second-order valence-corrected chi connectivity index (χ2v) is 15.6. The average molecular weight is 779 g/mol. The molecule has 0 unspecified atom stereocenters. The van der Waals surface area contributed by atoms with E-state index >= 15 is 0 Å². The van der Waals surface area contributed by atoms with Gasteiger partial charge in [-0.15, -0.1) is 11.3 Å². The highest BCUT2D eigenvalue weighted by molar-refractivity contribution is 7.25. The fourth-order valence-corrected chi connectivity index (χ4v) is 9.30. The molecule has 0 amide bonds. The van der Waals surface area contributed by atoms with Crippen LogP contribution in [0.3, 0.4) is 0 Å². The topological polar surface area (TPSA) is 85.0 Å². The van der Waals surface area contributed by atoms with E-state index in [0.29, 0.717) is 28.1 Å². The predicted molar refractivity (Wildman–Crippen MR) is 242 cm³/mol. The highest BCUT2D eigenvalue weighted by Crippen LogP contribution is 2.42. The maximum Gasteiger partial charge on any atom is 0.189 e. The quantitative estimate of drug-likeness (QED) is 0.163. The third-order valence-corrected chi connectivity index (χ3v) is 12.2. The molecule has 10 rings (SSSR count). The molecule has 8 aromatic carbocycles. The van der Waals surface area contributed by atoms with Gasteiger partial charge in [0.05, 0.1) is 53.6 Å². The SMILES string of the molecule is [C-]#[N+]c1cc(C#N)cc(-c2ccc3c(c2)c2cc(-c4cc(C#N)cc([N+]#[C-])c4)ccc2n3-c2ccccc2-c2ccc(-c3ccc4sc5ccc(C#N)cc5c4c3)cc2)c1. The van der Waals surface area contributed by atoms with Crippen molar-refractivity contribution in [1.82, 2.24) is 4.57 Å². The molecule has 0 spiro atoms. The van der Waals surface area contributed by atoms with Gasteiger partial charge >= 0.3 is 0 Å². The molecular formula is C53H26N6S. The van der Waals surface area contributed by atoms with Crippen molar-refractivity contribution in [3.05, 3.63) is 197 Å². The van der Waals surface area contributed by atoms with Crippen LogP contribution >= 0.6 is 11.3 Å². The van der Waals surface area contributed by atoms with Gasteiger partial charge in [-0.3, -0.25) is 0 Å². The summed E-state index contributed by atoms with van der Waals surface area (Å²) in [6, 6.07) is 59.0. The molecule has 0 fully saturated rings. The van der Waals surface area contributed by atoms with E-state index in [2.05, 4.69) is 117 Å². The van der Waals surface area contributed by atoms with Gasteiger partial charge in [-0.1, -0.05) is 60.7 Å². The molecule has 0 aliphatic heterocycles. The lowest BCUT2D eigenvalue weighted by Gasteiger charge is -2.15. The monoisotopic (exact) mass is 778 g/mol. The van der Waals surface area contributed by atoms with E-state index in [1.165, 1.54) is 4.70 Å². The third-order valence-electron chi connectivity index (χ3n) is 11.1. The van der Waals surface area contributed by atoms with Crippen molar-refractivity contribution in [3.8, 4) is 68.4 Å². The summed E-state index contributed by atoms with van der Waals surface area (Å²) in [5, 5.41) is 33.2. The van der Waals surface area contributed by atoms with E-state index < -0.39 is 0 Å². The van der Waals surface area contributed by atoms with Crippen LogP contribution in [0.25, 0.3) is 102 Å². The Morgan fingerprint density at radius 2 is 0.900 bits per heavy atom. The lowest BCUT2D eigenvalue weighted by atomic mass is 9.98. The highest BCUT2D eigenvalue weighted by atomic mass is 32.1. The Hall–Kier alpha value is -8.77. The molecule has 10 aromatic rings. The fourth-order valence-electron chi connectivity index (χ4n) is 8.24. The maximum atomic E-state index is 9.76. The van der Waals surface area contributed by atoms with Crippen LogP contribution in [0, 0.1) is 47.1 Å². The smallest absolute Gasteiger partial charge is 0.189 e. The Morgan fingerprint density at radius 3 is 1.48 bits per heavy atom. The summed E-state index contributed by atoms with van der Waals surface area (Å²) in [6.45, 7) is 15.3. The van der Waals surface area contributed by atoms with E-state index in [1.807, 2.05) is 60.7 Å². The van der Waals surface area contributed by atoms with Gasteiger partial charge in [-0.25, -0.2) is 9.69 Å². The molecule has 0 N–H and O–H groups in total. The van der Waals surface area contributed by atoms with Crippen molar-refractivity contribution < 1.29 is 0 Å². The van der Waals surface area contributed by atoms with Crippen molar-refractivity contribution in [1.29, 1.82) is 15.8 Å². The molecule has 2 heterocycles. The lowest BCUT2D eigenvalue weighted by Crippen LogP contribution is -1.97. The van der Waals surface area contributed by atoms with Crippen molar-refractivity contribution in [3.63, 3.8) is 0 Å². The molecule has 0 saturated heterocycles. The van der Waals surface area contributed by atoms with Gasteiger partial charge in [0, 0.05) is 47.6 Å². The van der Waals surface area contributed by atoms with E-state index in [-0.39, 0.29) is 0 Å². The zero-order valence-electron chi connectivity index (χ0n) is 31.6. The summed E-state index contributed by atoms with van der Waals surface area (Å²) < 4.78 is 4.63. The van der Waals surface area contributed by atoms with Crippen molar-refractivity contribution in [2.45, 2.75) is 0 Å². The number of hydrogen-bond acceptors (Lipinski definition) is 4. The molecule has 274 valence electrons. The predicted octanol–water partition coefficient (Wildman–Crippen LogP) is 14.5. The Labute approximate surface area is 349 Å². The van der Waals surface area contributed by atoms with Crippen LogP contribution < -0.4 is 0 Å². The number of benzene rings is 8. The normalized spacial score (nSPS) is 10.9. The molecule has 60 heavy (non-hydrogen) atoms. The van der Waals surface area contributed by atoms with Gasteiger partial charge in [-0.05, 0) is 136 Å². The molecule has 2 aromatic heterocycles.